The smallest absolute Gasteiger partial charge is 0.402 e. The molecule has 1 aromatic heterocycles. The molecule has 12 N–H and O–H groups in total. The Kier molecular flexibility index (Phi) is 11.4. The molecule has 3 aliphatic rings. The Balaban J connectivity index is 1.33. The fraction of sp³-hybridized carbons (Fsp3) is 0.545. The summed E-state index contributed by atoms with van der Waals surface area (Å²) < 4.78 is 40.2. The molecule has 19 nitrogen and oxygen atoms in total. The predicted molar refractivity (Wildman–Crippen MR) is 169 cm³/mol. The molecule has 3 saturated heterocycles. The maximum atomic E-state index is 10.9. The summed E-state index contributed by atoms with van der Waals surface area (Å²) in [7, 11) is 0. The highest BCUT2D eigenvalue weighted by atomic mass is 16.7. The molecule has 3 fully saturated rings. The van der Waals surface area contributed by atoms with Crippen LogP contribution in [0.3, 0.4) is 0 Å². The summed E-state index contributed by atoms with van der Waals surface area (Å²) in [6, 6.07) is 9.23. The minimum atomic E-state index is -1.88. The Morgan fingerprint density at radius 2 is 1.15 bits per heavy atom. The average molecular weight is 742 g/mol. The van der Waals surface area contributed by atoms with Gasteiger partial charge in [-0.1, -0.05) is 0 Å². The van der Waals surface area contributed by atoms with E-state index in [1.807, 2.05) is 0 Å². The number of phenolic OH excluding ortho intramolecular Hbond substituents is 2. The summed E-state index contributed by atoms with van der Waals surface area (Å²) >= 11 is 0. The molecular weight excluding hydrogens is 700 g/mol. The summed E-state index contributed by atoms with van der Waals surface area (Å²) in [5.74, 6) is -0.914. The second-order valence-corrected chi connectivity index (χ2v) is 12.8. The topological polar surface area (TPSA) is 309 Å². The Bertz CT molecular complexity index is 1670. The number of rotatable bonds is 9. The van der Waals surface area contributed by atoms with Crippen molar-refractivity contribution in [1.29, 1.82) is 0 Å². The average Bonchev–Trinajstić information content (AvgIpc) is 3.12. The molecular formula is C33H41O19+. The zero-order valence-corrected chi connectivity index (χ0v) is 27.3. The van der Waals surface area contributed by atoms with E-state index in [9.17, 15) is 61.3 Å². The van der Waals surface area contributed by atoms with E-state index in [1.165, 1.54) is 43.3 Å². The largest absolute Gasteiger partial charge is 0.508 e. The van der Waals surface area contributed by atoms with Gasteiger partial charge in [-0.2, -0.15) is 0 Å². The number of fused-ring (bicyclic) bond motifs is 1. The van der Waals surface area contributed by atoms with Gasteiger partial charge in [0.25, 0.3) is 0 Å². The third kappa shape index (κ3) is 7.47. The molecule has 0 bridgehead atoms. The molecule has 2 aromatic carbocycles. The first-order valence-corrected chi connectivity index (χ1v) is 16.3. The third-order valence-electron chi connectivity index (χ3n) is 9.17. The SMILES string of the molecule is CC1O[C@@H](OCC2O[C@@H](Oc3cc4c(O[C@@H]5OC(CO)[C@@H](O)[C@H](O)C5O)cc(O)cc4[o+]c3-c3ccc(O)cc3)C(O)C(O)[C@@H]2O)C(O)[C@@H](O)[C@H]1O. The van der Waals surface area contributed by atoms with Crippen molar-refractivity contribution in [2.75, 3.05) is 13.2 Å². The lowest BCUT2D eigenvalue weighted by atomic mass is 9.98. The van der Waals surface area contributed by atoms with Gasteiger partial charge in [-0.05, 0) is 31.2 Å². The number of ether oxygens (including phenoxy) is 6. The van der Waals surface area contributed by atoms with Gasteiger partial charge >= 0.3 is 11.3 Å². The lowest BCUT2D eigenvalue weighted by molar-refractivity contribution is -0.318. The van der Waals surface area contributed by atoms with Gasteiger partial charge in [0, 0.05) is 12.1 Å². The maximum absolute atomic E-state index is 10.9. The molecule has 52 heavy (non-hydrogen) atoms. The maximum Gasteiger partial charge on any atom is 0.402 e. The molecule has 3 aliphatic heterocycles. The van der Waals surface area contributed by atoms with E-state index < -0.39 is 105 Å². The summed E-state index contributed by atoms with van der Waals surface area (Å²) in [4.78, 5) is 0. The molecule has 0 amide bonds. The van der Waals surface area contributed by atoms with Crippen molar-refractivity contribution in [3.05, 3.63) is 42.5 Å². The zero-order chi connectivity index (χ0) is 37.6. The van der Waals surface area contributed by atoms with E-state index in [-0.39, 0.29) is 39.7 Å². The minimum Gasteiger partial charge on any atom is -0.508 e. The van der Waals surface area contributed by atoms with Crippen molar-refractivity contribution in [1.82, 2.24) is 0 Å². The van der Waals surface area contributed by atoms with Crippen LogP contribution in [-0.2, 0) is 18.9 Å². The van der Waals surface area contributed by atoms with Gasteiger partial charge in [0.05, 0.1) is 30.9 Å². The molecule has 4 heterocycles. The number of hydrogen-bond acceptors (Lipinski definition) is 18. The van der Waals surface area contributed by atoms with Gasteiger partial charge in [-0.25, -0.2) is 4.42 Å². The van der Waals surface area contributed by atoms with E-state index in [2.05, 4.69) is 0 Å². The second kappa shape index (κ2) is 15.5. The highest BCUT2D eigenvalue weighted by Crippen LogP contribution is 2.42. The molecule has 0 spiro atoms. The van der Waals surface area contributed by atoms with Crippen molar-refractivity contribution in [2.24, 2.45) is 0 Å². The van der Waals surface area contributed by atoms with Crippen LogP contribution in [-0.4, -0.2) is 167 Å². The quantitative estimate of drug-likeness (QED) is 0.0973. The number of aromatic hydroxyl groups is 2. The van der Waals surface area contributed by atoms with Crippen LogP contribution >= 0.6 is 0 Å². The first-order valence-electron chi connectivity index (χ1n) is 16.3. The van der Waals surface area contributed by atoms with Gasteiger partial charge in [-0.15, -0.1) is 0 Å². The standard InChI is InChI=1S/C33H40O19/c1-11-21(37)24(40)27(43)31(47-11)46-10-20-23(39)26(42)29(45)33(52-20)50-18-8-15-16(48-30(18)12-2-4-13(35)5-3-12)6-14(36)7-17(15)49-32-28(44)25(41)22(38)19(9-34)51-32/h2-8,11,19-29,31-34,37-45H,9-10H2,1H3,(H-,35,36)/p+1/t11?,19?,20?,21-,22+,23+,24-,25-,26?,27?,28?,29?,31+,32+,33+/m0/s1. The molecule has 7 unspecified atom stereocenters. The van der Waals surface area contributed by atoms with E-state index in [0.29, 0.717) is 5.56 Å². The van der Waals surface area contributed by atoms with Gasteiger partial charge in [-0.3, -0.25) is 0 Å². The molecule has 6 rings (SSSR count). The first kappa shape index (κ1) is 38.2. The van der Waals surface area contributed by atoms with Gasteiger partial charge in [0.2, 0.25) is 18.3 Å². The summed E-state index contributed by atoms with van der Waals surface area (Å²) in [6.45, 7) is 0.142. The van der Waals surface area contributed by atoms with E-state index in [0.717, 1.165) is 6.07 Å². The normalized spacial score (nSPS) is 38.2. The molecule has 0 saturated carbocycles. The second-order valence-electron chi connectivity index (χ2n) is 12.8. The van der Waals surface area contributed by atoms with Gasteiger partial charge in [0.15, 0.2) is 6.29 Å². The van der Waals surface area contributed by atoms with Crippen molar-refractivity contribution >= 4 is 11.0 Å². The molecule has 19 heteroatoms. The lowest BCUT2D eigenvalue weighted by Gasteiger charge is -2.42. The first-order chi connectivity index (χ1) is 24.7. The fourth-order valence-corrected chi connectivity index (χ4v) is 6.08. The summed E-state index contributed by atoms with van der Waals surface area (Å²) in [5, 5.41) is 124. The van der Waals surface area contributed by atoms with Crippen LogP contribution in [0.2, 0.25) is 0 Å². The lowest BCUT2D eigenvalue weighted by Crippen LogP contribution is -2.61. The van der Waals surface area contributed by atoms with Crippen molar-refractivity contribution < 1.29 is 94.1 Å². The highest BCUT2D eigenvalue weighted by Gasteiger charge is 2.49. The highest BCUT2D eigenvalue weighted by molar-refractivity contribution is 5.88. The number of aliphatic hydroxyl groups excluding tert-OH is 10. The van der Waals surface area contributed by atoms with E-state index in [4.69, 9.17) is 32.8 Å². The van der Waals surface area contributed by atoms with Crippen LogP contribution in [0, 0.1) is 0 Å². The Labute approximate surface area is 294 Å². The molecule has 3 aromatic rings. The summed E-state index contributed by atoms with van der Waals surface area (Å²) in [5.41, 5.74) is 0.271. The number of hydrogen-bond donors (Lipinski definition) is 12. The van der Waals surface area contributed by atoms with E-state index >= 15 is 0 Å². The monoisotopic (exact) mass is 741 g/mol. The minimum absolute atomic E-state index is 0.0329. The van der Waals surface area contributed by atoms with Crippen molar-refractivity contribution in [3.8, 4) is 34.3 Å². The summed E-state index contributed by atoms with van der Waals surface area (Å²) in [6.07, 6.45) is -24.0. The molecule has 15 atom stereocenters. The fourth-order valence-electron chi connectivity index (χ4n) is 6.08. The van der Waals surface area contributed by atoms with Crippen molar-refractivity contribution in [3.63, 3.8) is 0 Å². The van der Waals surface area contributed by atoms with Crippen LogP contribution in [0.15, 0.2) is 46.9 Å². The number of benzene rings is 2. The number of phenols is 2. The van der Waals surface area contributed by atoms with Crippen molar-refractivity contribution in [2.45, 2.75) is 99.0 Å². The zero-order valence-electron chi connectivity index (χ0n) is 27.3. The Morgan fingerprint density at radius 3 is 1.79 bits per heavy atom. The van der Waals surface area contributed by atoms with Crippen LogP contribution in [0.25, 0.3) is 22.3 Å². The molecule has 0 radical (unpaired) electrons. The number of aliphatic hydroxyl groups is 10. The van der Waals surface area contributed by atoms with Crippen LogP contribution in [0.1, 0.15) is 6.92 Å². The van der Waals surface area contributed by atoms with Crippen LogP contribution in [0.5, 0.6) is 23.0 Å². The molecule has 0 aliphatic carbocycles. The van der Waals surface area contributed by atoms with E-state index in [1.54, 1.807) is 0 Å². The van der Waals surface area contributed by atoms with Gasteiger partial charge in [0.1, 0.15) is 89.8 Å². The van der Waals surface area contributed by atoms with Crippen LogP contribution < -0.4 is 9.47 Å². The van der Waals surface area contributed by atoms with Gasteiger partial charge < -0.3 is 89.7 Å². The Hall–Kier alpha value is -3.51. The Morgan fingerprint density at radius 1 is 0.596 bits per heavy atom. The predicted octanol–water partition coefficient (Wildman–Crippen LogP) is -3.00. The molecule has 286 valence electrons. The van der Waals surface area contributed by atoms with Crippen LogP contribution in [0.4, 0.5) is 0 Å². The third-order valence-corrected chi connectivity index (χ3v) is 9.17.